The molecular formula is C12H22N2O2. The highest BCUT2D eigenvalue weighted by molar-refractivity contribution is 5.79. The quantitative estimate of drug-likeness (QED) is 0.711. The lowest BCUT2D eigenvalue weighted by Gasteiger charge is -2.31. The van der Waals surface area contributed by atoms with Gasteiger partial charge in [0.1, 0.15) is 5.78 Å². The second-order valence-corrected chi connectivity index (χ2v) is 4.82. The largest absolute Gasteiger partial charge is 0.343 e. The predicted octanol–water partition coefficient (Wildman–Crippen LogP) is 0.766. The second kappa shape index (κ2) is 5.99. The first-order valence-electron chi connectivity index (χ1n) is 5.93. The van der Waals surface area contributed by atoms with Gasteiger partial charge in [0.05, 0.1) is 0 Å². The van der Waals surface area contributed by atoms with Crippen LogP contribution in [0.25, 0.3) is 0 Å². The third-order valence-electron chi connectivity index (χ3n) is 3.20. The van der Waals surface area contributed by atoms with E-state index >= 15 is 0 Å². The molecule has 1 heterocycles. The van der Waals surface area contributed by atoms with Gasteiger partial charge in [-0.2, -0.15) is 0 Å². The van der Waals surface area contributed by atoms with Crippen molar-refractivity contribution in [2.24, 2.45) is 5.92 Å². The minimum absolute atomic E-state index is 0.179. The third kappa shape index (κ3) is 3.93. The average molecular weight is 226 g/mol. The Hall–Kier alpha value is -0.900. The molecule has 4 nitrogen and oxygen atoms in total. The Morgan fingerprint density at radius 2 is 1.81 bits per heavy atom. The maximum Gasteiger partial charge on any atom is 0.223 e. The number of ketones is 1. The smallest absolute Gasteiger partial charge is 0.223 e. The summed E-state index contributed by atoms with van der Waals surface area (Å²) in [7, 11) is 3.94. The van der Waals surface area contributed by atoms with E-state index in [0.717, 1.165) is 32.5 Å². The molecule has 0 saturated carbocycles. The van der Waals surface area contributed by atoms with E-state index in [1.54, 1.807) is 6.92 Å². The van der Waals surface area contributed by atoms with Crippen molar-refractivity contribution in [3.63, 3.8) is 0 Å². The van der Waals surface area contributed by atoms with Crippen LogP contribution in [0.2, 0.25) is 0 Å². The van der Waals surface area contributed by atoms with Crippen molar-refractivity contribution >= 4 is 11.7 Å². The standard InChI is InChI=1S/C12H22N2O2/c1-10(15)11-4-8-14(9-5-11)12(16)6-7-13(2)3/h11H,4-9H2,1-3H3. The van der Waals surface area contributed by atoms with Crippen LogP contribution in [0.1, 0.15) is 26.2 Å². The van der Waals surface area contributed by atoms with Gasteiger partial charge in [0.25, 0.3) is 0 Å². The molecule has 1 fully saturated rings. The number of amides is 1. The van der Waals surface area contributed by atoms with E-state index in [0.29, 0.717) is 6.42 Å². The van der Waals surface area contributed by atoms with E-state index in [2.05, 4.69) is 0 Å². The van der Waals surface area contributed by atoms with Crippen LogP contribution in [-0.2, 0) is 9.59 Å². The molecule has 0 N–H and O–H groups in total. The lowest BCUT2D eigenvalue weighted by atomic mass is 9.93. The summed E-state index contributed by atoms with van der Waals surface area (Å²) in [5.74, 6) is 0.661. The molecule has 0 unspecified atom stereocenters. The number of carbonyl (C=O) groups is 2. The first-order chi connectivity index (χ1) is 7.50. The van der Waals surface area contributed by atoms with Gasteiger partial charge in [0.15, 0.2) is 0 Å². The highest BCUT2D eigenvalue weighted by Crippen LogP contribution is 2.18. The zero-order chi connectivity index (χ0) is 12.1. The minimum atomic E-state index is 0.179. The van der Waals surface area contributed by atoms with Crippen LogP contribution in [-0.4, -0.2) is 55.2 Å². The minimum Gasteiger partial charge on any atom is -0.343 e. The van der Waals surface area contributed by atoms with Gasteiger partial charge in [-0.25, -0.2) is 0 Å². The number of Topliss-reactive ketones (excluding diaryl/α,β-unsaturated/α-hetero) is 1. The lowest BCUT2D eigenvalue weighted by Crippen LogP contribution is -2.40. The van der Waals surface area contributed by atoms with Crippen LogP contribution < -0.4 is 0 Å². The lowest BCUT2D eigenvalue weighted by molar-refractivity contribution is -0.134. The highest BCUT2D eigenvalue weighted by Gasteiger charge is 2.24. The number of piperidine rings is 1. The van der Waals surface area contributed by atoms with E-state index < -0.39 is 0 Å². The van der Waals surface area contributed by atoms with Gasteiger partial charge < -0.3 is 9.80 Å². The molecule has 0 bridgehead atoms. The van der Waals surface area contributed by atoms with Crippen LogP contribution in [0.15, 0.2) is 0 Å². The number of hydrogen-bond donors (Lipinski definition) is 0. The molecule has 0 aromatic carbocycles. The van der Waals surface area contributed by atoms with E-state index in [1.807, 2.05) is 23.9 Å². The van der Waals surface area contributed by atoms with Crippen LogP contribution in [0.4, 0.5) is 0 Å². The van der Waals surface area contributed by atoms with Gasteiger partial charge in [-0.05, 0) is 33.9 Å². The monoisotopic (exact) mass is 226 g/mol. The van der Waals surface area contributed by atoms with Gasteiger partial charge in [-0.3, -0.25) is 9.59 Å². The molecule has 0 spiro atoms. The maximum atomic E-state index is 11.8. The fourth-order valence-corrected chi connectivity index (χ4v) is 2.01. The molecule has 0 aliphatic carbocycles. The van der Waals surface area contributed by atoms with Crippen LogP contribution in [0, 0.1) is 5.92 Å². The third-order valence-corrected chi connectivity index (χ3v) is 3.20. The predicted molar refractivity (Wildman–Crippen MR) is 63.2 cm³/mol. The van der Waals surface area contributed by atoms with Crippen LogP contribution in [0.5, 0.6) is 0 Å². The van der Waals surface area contributed by atoms with Gasteiger partial charge >= 0.3 is 0 Å². The summed E-state index contributed by atoms with van der Waals surface area (Å²) in [6, 6.07) is 0. The zero-order valence-corrected chi connectivity index (χ0v) is 10.5. The Balaban J connectivity index is 2.30. The molecule has 1 saturated heterocycles. The zero-order valence-electron chi connectivity index (χ0n) is 10.5. The molecule has 16 heavy (non-hydrogen) atoms. The molecule has 1 rings (SSSR count). The number of carbonyl (C=O) groups excluding carboxylic acids is 2. The second-order valence-electron chi connectivity index (χ2n) is 4.82. The highest BCUT2D eigenvalue weighted by atomic mass is 16.2. The Morgan fingerprint density at radius 1 is 1.25 bits per heavy atom. The molecule has 92 valence electrons. The molecule has 1 aliphatic heterocycles. The fraction of sp³-hybridized carbons (Fsp3) is 0.833. The van der Waals surface area contributed by atoms with E-state index in [9.17, 15) is 9.59 Å². The summed E-state index contributed by atoms with van der Waals surface area (Å²) in [6.07, 6.45) is 2.25. The summed E-state index contributed by atoms with van der Waals surface area (Å²) in [4.78, 5) is 26.9. The topological polar surface area (TPSA) is 40.6 Å². The van der Waals surface area contributed by atoms with Crippen molar-refractivity contribution < 1.29 is 9.59 Å². The molecule has 4 heteroatoms. The number of likely N-dealkylation sites (tertiary alicyclic amines) is 1. The van der Waals surface area contributed by atoms with Crippen molar-refractivity contribution in [3.8, 4) is 0 Å². The number of nitrogens with zero attached hydrogens (tertiary/aromatic N) is 2. The molecule has 0 atom stereocenters. The molecule has 0 radical (unpaired) electrons. The number of rotatable bonds is 4. The summed E-state index contributed by atoms with van der Waals surface area (Å²) in [5.41, 5.74) is 0. The molecule has 1 amide bonds. The summed E-state index contributed by atoms with van der Waals surface area (Å²) in [6.45, 7) is 3.94. The Bertz CT molecular complexity index is 256. The molecular weight excluding hydrogens is 204 g/mol. The maximum absolute atomic E-state index is 11.8. The number of hydrogen-bond acceptors (Lipinski definition) is 3. The van der Waals surface area contributed by atoms with E-state index in [-0.39, 0.29) is 17.6 Å². The normalized spacial score (nSPS) is 17.9. The Labute approximate surface area is 97.6 Å². The Morgan fingerprint density at radius 3 is 2.25 bits per heavy atom. The molecule has 0 aromatic rings. The van der Waals surface area contributed by atoms with Crippen molar-refractivity contribution in [1.82, 2.24) is 9.80 Å². The van der Waals surface area contributed by atoms with Crippen LogP contribution in [0.3, 0.4) is 0 Å². The van der Waals surface area contributed by atoms with E-state index in [1.165, 1.54) is 0 Å². The van der Waals surface area contributed by atoms with Gasteiger partial charge in [-0.15, -0.1) is 0 Å². The average Bonchev–Trinajstić information content (AvgIpc) is 2.26. The Kier molecular flexibility index (Phi) is 4.93. The van der Waals surface area contributed by atoms with Gasteiger partial charge in [-0.1, -0.05) is 0 Å². The van der Waals surface area contributed by atoms with Crippen molar-refractivity contribution in [3.05, 3.63) is 0 Å². The first kappa shape index (κ1) is 13.2. The summed E-state index contributed by atoms with van der Waals surface area (Å²) < 4.78 is 0. The van der Waals surface area contributed by atoms with Gasteiger partial charge in [0.2, 0.25) is 5.91 Å². The van der Waals surface area contributed by atoms with Crippen LogP contribution >= 0.6 is 0 Å². The van der Waals surface area contributed by atoms with Gasteiger partial charge in [0, 0.05) is 32.0 Å². The summed E-state index contributed by atoms with van der Waals surface area (Å²) in [5, 5.41) is 0. The SMILES string of the molecule is CC(=O)C1CCN(C(=O)CCN(C)C)CC1. The van der Waals surface area contributed by atoms with Crippen molar-refractivity contribution in [2.75, 3.05) is 33.7 Å². The van der Waals surface area contributed by atoms with Crippen molar-refractivity contribution in [1.29, 1.82) is 0 Å². The van der Waals surface area contributed by atoms with Crippen molar-refractivity contribution in [2.45, 2.75) is 26.2 Å². The fourth-order valence-electron chi connectivity index (χ4n) is 2.01. The van der Waals surface area contributed by atoms with E-state index in [4.69, 9.17) is 0 Å². The molecule has 1 aliphatic rings. The first-order valence-corrected chi connectivity index (χ1v) is 5.93. The summed E-state index contributed by atoms with van der Waals surface area (Å²) >= 11 is 0. The molecule has 0 aromatic heterocycles.